The second kappa shape index (κ2) is 7.40. The second-order valence-electron chi connectivity index (χ2n) is 6.80. The van der Waals surface area contributed by atoms with Gasteiger partial charge in [-0.1, -0.05) is 26.8 Å². The van der Waals surface area contributed by atoms with Crippen LogP contribution in [0.25, 0.3) is 0 Å². The van der Waals surface area contributed by atoms with E-state index in [2.05, 4.69) is 10.6 Å². The van der Waals surface area contributed by atoms with Crippen molar-refractivity contribution in [3.05, 3.63) is 23.8 Å². The van der Waals surface area contributed by atoms with E-state index in [0.29, 0.717) is 24.2 Å². The van der Waals surface area contributed by atoms with Gasteiger partial charge in [-0.05, 0) is 38.0 Å². The quantitative estimate of drug-likeness (QED) is 0.781. The van der Waals surface area contributed by atoms with E-state index in [-0.39, 0.29) is 17.9 Å². The fourth-order valence-electron chi connectivity index (χ4n) is 1.72. The number of hydrogen-bond donors (Lipinski definition) is 3. The van der Waals surface area contributed by atoms with Crippen molar-refractivity contribution in [3.8, 4) is 0 Å². The Morgan fingerprint density at radius 2 is 1.86 bits per heavy atom. The molecule has 122 valence electrons. The van der Waals surface area contributed by atoms with Gasteiger partial charge in [0.2, 0.25) is 11.8 Å². The zero-order chi connectivity index (χ0) is 16.9. The summed E-state index contributed by atoms with van der Waals surface area (Å²) in [5, 5.41) is 5.73. The molecule has 0 bridgehead atoms. The Kier molecular flexibility index (Phi) is 6.11. The number of amides is 2. The number of anilines is 2. The molecule has 2 amide bonds. The molecule has 4 N–H and O–H groups in total. The number of nitrogens with one attached hydrogen (secondary N) is 2. The van der Waals surface area contributed by atoms with Crippen LogP contribution >= 0.6 is 0 Å². The molecule has 0 aliphatic rings. The zero-order valence-electron chi connectivity index (χ0n) is 14.1. The molecule has 1 aromatic rings. The highest BCUT2D eigenvalue weighted by atomic mass is 16.2. The van der Waals surface area contributed by atoms with Gasteiger partial charge in [-0.15, -0.1) is 0 Å². The van der Waals surface area contributed by atoms with Gasteiger partial charge in [0.1, 0.15) is 0 Å². The van der Waals surface area contributed by atoms with Crippen molar-refractivity contribution in [2.45, 2.75) is 53.5 Å². The first kappa shape index (κ1) is 18.2. The number of rotatable bonds is 5. The fourth-order valence-corrected chi connectivity index (χ4v) is 1.72. The number of nitrogens with two attached hydrogens (primary N) is 1. The highest BCUT2D eigenvalue weighted by Crippen LogP contribution is 2.23. The van der Waals surface area contributed by atoms with Gasteiger partial charge in [0, 0.05) is 29.3 Å². The molecule has 0 spiro atoms. The summed E-state index contributed by atoms with van der Waals surface area (Å²) in [6.45, 7) is 9.35. The van der Waals surface area contributed by atoms with Crippen LogP contribution in [-0.4, -0.2) is 17.9 Å². The van der Waals surface area contributed by atoms with Gasteiger partial charge in [0.25, 0.3) is 0 Å². The summed E-state index contributed by atoms with van der Waals surface area (Å²) in [5.74, 6) is -0.134. The third kappa shape index (κ3) is 5.85. The molecule has 0 saturated heterocycles. The number of hydrogen-bond acceptors (Lipinski definition) is 3. The van der Waals surface area contributed by atoms with Gasteiger partial charge in [-0.3, -0.25) is 9.59 Å². The van der Waals surface area contributed by atoms with Gasteiger partial charge in [0.15, 0.2) is 0 Å². The Balaban J connectivity index is 2.78. The van der Waals surface area contributed by atoms with Crippen molar-refractivity contribution in [1.82, 2.24) is 0 Å². The minimum atomic E-state index is -0.467. The first-order valence-corrected chi connectivity index (χ1v) is 7.57. The molecule has 0 heterocycles. The van der Waals surface area contributed by atoms with Crippen molar-refractivity contribution in [1.29, 1.82) is 0 Å². The number of carbonyl (C=O) groups excluding carboxylic acids is 2. The summed E-state index contributed by atoms with van der Waals surface area (Å²) < 4.78 is 0. The van der Waals surface area contributed by atoms with E-state index in [1.54, 1.807) is 6.07 Å². The molecule has 1 aromatic carbocycles. The topological polar surface area (TPSA) is 84.2 Å². The number of benzene rings is 1. The van der Waals surface area contributed by atoms with Crippen molar-refractivity contribution >= 4 is 23.2 Å². The summed E-state index contributed by atoms with van der Waals surface area (Å²) in [6.07, 6.45) is 1.03. The Bertz CT molecular complexity index is 545. The molecule has 22 heavy (non-hydrogen) atoms. The van der Waals surface area contributed by atoms with E-state index >= 15 is 0 Å². The molecule has 0 aliphatic carbocycles. The van der Waals surface area contributed by atoms with E-state index in [1.807, 2.05) is 46.8 Å². The molecule has 1 rings (SSSR count). The van der Waals surface area contributed by atoms with Crippen LogP contribution in [0.5, 0.6) is 0 Å². The van der Waals surface area contributed by atoms with Crippen molar-refractivity contribution < 1.29 is 9.59 Å². The molecule has 0 aromatic heterocycles. The first-order valence-electron chi connectivity index (χ1n) is 7.57. The fraction of sp³-hybridized carbons (Fsp3) is 0.529. The van der Waals surface area contributed by atoms with Crippen LogP contribution in [0.4, 0.5) is 11.4 Å². The lowest BCUT2D eigenvalue weighted by Gasteiger charge is -2.18. The standard InChI is InChI=1S/C17H27N3O2/c1-11-6-8-13(19-16(22)17(3,4)5)10-14(11)20-15(21)9-7-12(2)18/h6,8,10,12H,7,9,18H2,1-5H3,(H,19,22)(H,20,21). The minimum Gasteiger partial charge on any atom is -0.328 e. The van der Waals surface area contributed by atoms with Crippen LogP contribution in [0.1, 0.15) is 46.1 Å². The monoisotopic (exact) mass is 305 g/mol. The van der Waals surface area contributed by atoms with Crippen molar-refractivity contribution in [2.75, 3.05) is 10.6 Å². The molecule has 0 fully saturated rings. The van der Waals surface area contributed by atoms with Gasteiger partial charge >= 0.3 is 0 Å². The first-order chi connectivity index (χ1) is 10.1. The van der Waals surface area contributed by atoms with Crippen LogP contribution in [-0.2, 0) is 9.59 Å². The second-order valence-corrected chi connectivity index (χ2v) is 6.80. The molecule has 1 atom stereocenters. The Morgan fingerprint density at radius 1 is 1.23 bits per heavy atom. The Labute approximate surface area is 132 Å². The summed E-state index contributed by atoms with van der Waals surface area (Å²) in [5.41, 5.74) is 7.52. The Morgan fingerprint density at radius 3 is 2.41 bits per heavy atom. The largest absolute Gasteiger partial charge is 0.328 e. The maximum atomic E-state index is 12.0. The van der Waals surface area contributed by atoms with E-state index in [4.69, 9.17) is 5.73 Å². The summed E-state index contributed by atoms with van der Waals surface area (Å²) in [4.78, 5) is 23.9. The molecule has 0 saturated carbocycles. The zero-order valence-corrected chi connectivity index (χ0v) is 14.1. The van der Waals surface area contributed by atoms with E-state index < -0.39 is 5.41 Å². The average Bonchev–Trinajstić information content (AvgIpc) is 2.39. The van der Waals surface area contributed by atoms with Crippen LogP contribution in [0.15, 0.2) is 18.2 Å². The summed E-state index contributed by atoms with van der Waals surface area (Å²) >= 11 is 0. The molecule has 5 heteroatoms. The predicted molar refractivity (Wildman–Crippen MR) is 90.8 cm³/mol. The SMILES string of the molecule is Cc1ccc(NC(=O)C(C)(C)C)cc1NC(=O)CCC(C)N. The molecule has 0 aliphatic heterocycles. The normalized spacial score (nSPS) is 12.6. The van der Waals surface area contributed by atoms with Crippen LogP contribution in [0.3, 0.4) is 0 Å². The molecular weight excluding hydrogens is 278 g/mol. The summed E-state index contributed by atoms with van der Waals surface area (Å²) in [7, 11) is 0. The highest BCUT2D eigenvalue weighted by Gasteiger charge is 2.21. The Hall–Kier alpha value is -1.88. The third-order valence-electron chi connectivity index (χ3n) is 3.28. The van der Waals surface area contributed by atoms with Crippen LogP contribution in [0.2, 0.25) is 0 Å². The van der Waals surface area contributed by atoms with Gasteiger partial charge < -0.3 is 16.4 Å². The van der Waals surface area contributed by atoms with E-state index in [0.717, 1.165) is 5.56 Å². The van der Waals surface area contributed by atoms with E-state index in [9.17, 15) is 9.59 Å². The highest BCUT2D eigenvalue weighted by molar-refractivity contribution is 5.96. The molecule has 5 nitrogen and oxygen atoms in total. The molecule has 1 unspecified atom stereocenters. The molecule has 0 radical (unpaired) electrons. The van der Waals surface area contributed by atoms with Gasteiger partial charge in [-0.2, -0.15) is 0 Å². The lowest BCUT2D eigenvalue weighted by Crippen LogP contribution is -2.27. The van der Waals surface area contributed by atoms with Gasteiger partial charge in [-0.25, -0.2) is 0 Å². The average molecular weight is 305 g/mol. The van der Waals surface area contributed by atoms with Crippen molar-refractivity contribution in [3.63, 3.8) is 0 Å². The van der Waals surface area contributed by atoms with Crippen molar-refractivity contribution in [2.24, 2.45) is 11.1 Å². The number of carbonyl (C=O) groups is 2. The van der Waals surface area contributed by atoms with E-state index in [1.165, 1.54) is 0 Å². The van der Waals surface area contributed by atoms with Crippen LogP contribution in [0, 0.1) is 12.3 Å². The smallest absolute Gasteiger partial charge is 0.229 e. The third-order valence-corrected chi connectivity index (χ3v) is 3.28. The predicted octanol–water partition coefficient (Wildman–Crippen LogP) is 3.05. The summed E-state index contributed by atoms with van der Waals surface area (Å²) in [6, 6.07) is 5.49. The maximum absolute atomic E-state index is 12.0. The van der Waals surface area contributed by atoms with Gasteiger partial charge in [0.05, 0.1) is 0 Å². The lowest BCUT2D eigenvalue weighted by atomic mass is 9.95. The minimum absolute atomic E-state index is 0.00394. The number of aryl methyl sites for hydroxylation is 1. The molecular formula is C17H27N3O2. The lowest BCUT2D eigenvalue weighted by molar-refractivity contribution is -0.123. The van der Waals surface area contributed by atoms with Crippen LogP contribution < -0.4 is 16.4 Å². The maximum Gasteiger partial charge on any atom is 0.229 e.